The van der Waals surface area contributed by atoms with Gasteiger partial charge in [-0.3, -0.25) is 14.4 Å². The number of aliphatic carboxylic acids is 1. The normalized spacial score (nSPS) is 13.1. The lowest BCUT2D eigenvalue weighted by Crippen LogP contribution is -2.27. The van der Waals surface area contributed by atoms with Gasteiger partial charge in [-0.1, -0.05) is 37.6 Å². The van der Waals surface area contributed by atoms with Crippen LogP contribution in [0.5, 0.6) is 5.75 Å². The Morgan fingerprint density at radius 3 is 2.05 bits per heavy atom. The fourth-order valence-corrected chi connectivity index (χ4v) is 4.40. The Kier molecular flexibility index (Phi) is 10.7. The number of nitrogens with zero attached hydrogens (tertiary/aromatic N) is 1. The lowest BCUT2D eigenvalue weighted by Gasteiger charge is -2.27. The molecule has 0 aliphatic heterocycles. The standard InChI is InChI=1S/C29H27F6N3O5/c1-2-3-22(17-4-6-19(7-5-17)26(41)36-15-14-24(39)40)25(18-8-11-21(12-9-18)43-29(33,34)35)27(42)38-20-10-13-23(37-16-20)28(30,31)32/h4-13,16,22,25H,2-3,14-15H2,1H3,(H,36,41)(H,38,42)(H,39,40)/t22-,25+/m0/s1. The molecule has 43 heavy (non-hydrogen) atoms. The molecule has 0 saturated carbocycles. The van der Waals surface area contributed by atoms with Gasteiger partial charge in [-0.25, -0.2) is 4.98 Å². The molecule has 0 fully saturated rings. The number of anilines is 1. The van der Waals surface area contributed by atoms with Gasteiger partial charge in [-0.05, 0) is 59.9 Å². The van der Waals surface area contributed by atoms with Crippen molar-refractivity contribution in [3.05, 3.63) is 89.2 Å². The van der Waals surface area contributed by atoms with Crippen LogP contribution < -0.4 is 15.4 Å². The van der Waals surface area contributed by atoms with Crippen LogP contribution in [0.25, 0.3) is 0 Å². The number of hydrogen-bond donors (Lipinski definition) is 3. The summed E-state index contributed by atoms with van der Waals surface area (Å²) in [6.45, 7) is 1.77. The van der Waals surface area contributed by atoms with Gasteiger partial charge in [-0.2, -0.15) is 13.2 Å². The van der Waals surface area contributed by atoms with E-state index >= 15 is 0 Å². The number of ether oxygens (including phenoxy) is 1. The van der Waals surface area contributed by atoms with Crippen LogP contribution in [0.3, 0.4) is 0 Å². The number of hydrogen-bond acceptors (Lipinski definition) is 5. The van der Waals surface area contributed by atoms with E-state index in [0.29, 0.717) is 30.0 Å². The second-order valence-corrected chi connectivity index (χ2v) is 9.43. The fraction of sp³-hybridized carbons (Fsp3) is 0.310. The first kappa shape index (κ1) is 32.9. The largest absolute Gasteiger partial charge is 0.573 e. The second-order valence-electron chi connectivity index (χ2n) is 9.43. The molecule has 14 heteroatoms. The van der Waals surface area contributed by atoms with Crippen molar-refractivity contribution in [1.82, 2.24) is 10.3 Å². The molecule has 0 radical (unpaired) electrons. The maximum Gasteiger partial charge on any atom is 0.573 e. The highest BCUT2D eigenvalue weighted by atomic mass is 19.4. The summed E-state index contributed by atoms with van der Waals surface area (Å²) >= 11 is 0. The Bertz CT molecular complexity index is 1390. The molecule has 0 spiro atoms. The zero-order chi connectivity index (χ0) is 31.8. The maximum atomic E-state index is 13.7. The number of amides is 2. The molecule has 1 aromatic heterocycles. The number of carbonyl (C=O) groups excluding carboxylic acids is 2. The van der Waals surface area contributed by atoms with Crippen molar-refractivity contribution < 1.29 is 50.6 Å². The summed E-state index contributed by atoms with van der Waals surface area (Å²) in [5.74, 6) is -4.35. The lowest BCUT2D eigenvalue weighted by atomic mass is 9.78. The molecule has 0 bridgehead atoms. The van der Waals surface area contributed by atoms with Crippen molar-refractivity contribution in [3.8, 4) is 5.75 Å². The molecule has 3 aromatic rings. The predicted octanol–water partition coefficient (Wildman–Crippen LogP) is 6.51. The van der Waals surface area contributed by atoms with E-state index in [-0.39, 0.29) is 24.2 Å². The van der Waals surface area contributed by atoms with Crippen molar-refractivity contribution in [2.45, 2.75) is 50.6 Å². The van der Waals surface area contributed by atoms with E-state index in [9.17, 15) is 40.7 Å². The van der Waals surface area contributed by atoms with Crippen LogP contribution in [0.4, 0.5) is 32.0 Å². The molecule has 3 N–H and O–H groups in total. The summed E-state index contributed by atoms with van der Waals surface area (Å²) < 4.78 is 80.8. The fourth-order valence-electron chi connectivity index (χ4n) is 4.40. The Balaban J connectivity index is 1.95. The van der Waals surface area contributed by atoms with E-state index in [1.807, 2.05) is 6.92 Å². The Morgan fingerprint density at radius 2 is 1.53 bits per heavy atom. The van der Waals surface area contributed by atoms with E-state index in [4.69, 9.17) is 5.11 Å². The minimum absolute atomic E-state index is 0.0244. The summed E-state index contributed by atoms with van der Waals surface area (Å²) in [4.78, 5) is 40.1. The number of alkyl halides is 6. The highest BCUT2D eigenvalue weighted by Gasteiger charge is 2.34. The van der Waals surface area contributed by atoms with Gasteiger partial charge in [0.25, 0.3) is 5.91 Å². The first-order valence-corrected chi connectivity index (χ1v) is 13.0. The molecule has 2 atom stereocenters. The third kappa shape index (κ3) is 9.72. The number of aromatic nitrogens is 1. The molecule has 2 amide bonds. The number of carboxylic acids is 1. The Hall–Kier alpha value is -4.62. The van der Waals surface area contributed by atoms with Gasteiger partial charge in [-0.15, -0.1) is 13.2 Å². The molecule has 0 saturated heterocycles. The van der Waals surface area contributed by atoms with Crippen LogP contribution in [0.15, 0.2) is 66.9 Å². The Labute approximate surface area is 242 Å². The van der Waals surface area contributed by atoms with Crippen molar-refractivity contribution >= 4 is 23.5 Å². The van der Waals surface area contributed by atoms with Gasteiger partial charge in [0.1, 0.15) is 11.4 Å². The molecule has 8 nitrogen and oxygen atoms in total. The topological polar surface area (TPSA) is 118 Å². The number of benzene rings is 2. The first-order valence-electron chi connectivity index (χ1n) is 13.0. The minimum atomic E-state index is -4.93. The van der Waals surface area contributed by atoms with Crippen molar-refractivity contribution in [2.75, 3.05) is 11.9 Å². The number of carboxylic acid groups (broad SMARTS) is 1. The summed E-state index contributed by atoms with van der Waals surface area (Å²) in [6, 6.07) is 12.6. The van der Waals surface area contributed by atoms with Gasteiger partial charge in [0, 0.05) is 12.1 Å². The summed E-state index contributed by atoms with van der Waals surface area (Å²) in [6.07, 6.45) is -8.04. The van der Waals surface area contributed by atoms with Gasteiger partial charge < -0.3 is 20.5 Å². The van der Waals surface area contributed by atoms with Crippen LogP contribution in [-0.4, -0.2) is 40.8 Å². The van der Waals surface area contributed by atoms with Crippen LogP contribution in [0.2, 0.25) is 0 Å². The molecular formula is C29H27F6N3O5. The van der Waals surface area contributed by atoms with E-state index in [2.05, 4.69) is 20.4 Å². The molecule has 1 heterocycles. The number of pyridine rings is 1. The SMILES string of the molecule is CCC[C@@H](c1ccc(C(=O)NCCC(=O)O)cc1)[C@H](C(=O)Nc1ccc(C(F)(F)F)nc1)c1ccc(OC(F)(F)F)cc1. The van der Waals surface area contributed by atoms with Crippen LogP contribution in [-0.2, 0) is 15.8 Å². The lowest BCUT2D eigenvalue weighted by molar-refractivity contribution is -0.274. The Morgan fingerprint density at radius 1 is 0.907 bits per heavy atom. The predicted molar refractivity (Wildman–Crippen MR) is 142 cm³/mol. The highest BCUT2D eigenvalue weighted by Crippen LogP contribution is 2.39. The van der Waals surface area contributed by atoms with Gasteiger partial charge in [0.2, 0.25) is 5.91 Å². The van der Waals surface area contributed by atoms with Crippen LogP contribution >= 0.6 is 0 Å². The van der Waals surface area contributed by atoms with Gasteiger partial charge in [0.15, 0.2) is 0 Å². The maximum absolute atomic E-state index is 13.7. The molecule has 2 aromatic carbocycles. The molecule has 3 rings (SSSR count). The molecule has 230 valence electrons. The second kappa shape index (κ2) is 14.0. The van der Waals surface area contributed by atoms with Crippen molar-refractivity contribution in [3.63, 3.8) is 0 Å². The average molecular weight is 612 g/mol. The number of halogens is 6. The average Bonchev–Trinajstić information content (AvgIpc) is 2.92. The number of carbonyl (C=O) groups is 3. The van der Waals surface area contributed by atoms with E-state index in [1.165, 1.54) is 24.3 Å². The number of rotatable bonds is 12. The minimum Gasteiger partial charge on any atom is -0.481 e. The molecule has 0 aliphatic carbocycles. The summed E-state index contributed by atoms with van der Waals surface area (Å²) in [7, 11) is 0. The number of nitrogens with one attached hydrogen (secondary N) is 2. The van der Waals surface area contributed by atoms with Crippen LogP contribution in [0, 0.1) is 0 Å². The molecule has 0 unspecified atom stereocenters. The molecule has 0 aliphatic rings. The monoisotopic (exact) mass is 611 g/mol. The summed E-state index contributed by atoms with van der Waals surface area (Å²) in [5, 5.41) is 13.8. The van der Waals surface area contributed by atoms with E-state index in [1.54, 1.807) is 12.1 Å². The zero-order valence-corrected chi connectivity index (χ0v) is 22.6. The van der Waals surface area contributed by atoms with Gasteiger partial charge in [0.05, 0.1) is 24.2 Å². The highest BCUT2D eigenvalue weighted by molar-refractivity contribution is 5.97. The third-order valence-corrected chi connectivity index (χ3v) is 6.30. The van der Waals surface area contributed by atoms with E-state index < -0.39 is 53.6 Å². The van der Waals surface area contributed by atoms with Gasteiger partial charge >= 0.3 is 18.5 Å². The van der Waals surface area contributed by atoms with Crippen LogP contribution in [0.1, 0.15) is 65.2 Å². The molecular weight excluding hydrogens is 584 g/mol. The summed E-state index contributed by atoms with van der Waals surface area (Å²) in [5.41, 5.74) is -0.0390. The zero-order valence-electron chi connectivity index (χ0n) is 22.6. The van der Waals surface area contributed by atoms with E-state index in [0.717, 1.165) is 24.4 Å². The quantitative estimate of drug-likeness (QED) is 0.201. The van der Waals surface area contributed by atoms with Crippen molar-refractivity contribution in [1.29, 1.82) is 0 Å². The van der Waals surface area contributed by atoms with Crippen molar-refractivity contribution in [2.24, 2.45) is 0 Å². The first-order chi connectivity index (χ1) is 20.2. The third-order valence-electron chi connectivity index (χ3n) is 6.30. The smallest absolute Gasteiger partial charge is 0.481 e.